The van der Waals surface area contributed by atoms with Crippen LogP contribution >= 0.6 is 0 Å². The van der Waals surface area contributed by atoms with Crippen molar-refractivity contribution in [2.45, 2.75) is 63.8 Å². The molecule has 0 bridgehead atoms. The molecule has 4 aromatic rings. The first-order valence-electron chi connectivity index (χ1n) is 16.4. The van der Waals surface area contributed by atoms with Crippen LogP contribution in [0.2, 0.25) is 0 Å². The summed E-state index contributed by atoms with van der Waals surface area (Å²) in [5.74, 6) is -1.87. The molecule has 1 heterocycles. The molecule has 11 heteroatoms. The maximum atomic E-state index is 14.4. The largest absolute Gasteiger partial charge is 0.494 e. The number of hydrogen-bond donors (Lipinski definition) is 3. The van der Waals surface area contributed by atoms with E-state index < -0.39 is 40.8 Å². The van der Waals surface area contributed by atoms with Crippen LogP contribution in [0.3, 0.4) is 0 Å². The van der Waals surface area contributed by atoms with Gasteiger partial charge in [0.1, 0.15) is 23.0 Å². The molecule has 0 radical (unpaired) electrons. The van der Waals surface area contributed by atoms with Gasteiger partial charge in [-0.15, -0.1) is 0 Å². The maximum absolute atomic E-state index is 14.4. The Morgan fingerprint density at radius 1 is 0.920 bits per heavy atom. The average molecular weight is 686 g/mol. The van der Waals surface area contributed by atoms with Crippen LogP contribution in [0.1, 0.15) is 62.8 Å². The second-order valence-corrected chi connectivity index (χ2v) is 12.9. The summed E-state index contributed by atoms with van der Waals surface area (Å²) in [7, 11) is 0. The molecule has 2 atom stereocenters. The molecular formula is C39H41F2N3O6. The van der Waals surface area contributed by atoms with E-state index in [2.05, 4.69) is 10.9 Å². The smallest absolute Gasteiger partial charge is 0.306 e. The van der Waals surface area contributed by atoms with Gasteiger partial charge >= 0.3 is 5.97 Å². The fourth-order valence-corrected chi connectivity index (χ4v) is 5.53. The number of aliphatic hydroxyl groups is 1. The molecule has 5 rings (SSSR count). The zero-order valence-electron chi connectivity index (χ0n) is 28.2. The first-order chi connectivity index (χ1) is 24.0. The number of rotatable bonds is 14. The predicted octanol–water partition coefficient (Wildman–Crippen LogP) is 6.59. The van der Waals surface area contributed by atoms with Gasteiger partial charge in [0.2, 0.25) is 5.90 Å². The van der Waals surface area contributed by atoms with E-state index >= 15 is 0 Å². The summed E-state index contributed by atoms with van der Waals surface area (Å²) in [4.78, 5) is 32.3. The van der Waals surface area contributed by atoms with Gasteiger partial charge in [0, 0.05) is 43.2 Å². The van der Waals surface area contributed by atoms with Crippen molar-refractivity contribution in [3.8, 4) is 16.9 Å². The summed E-state index contributed by atoms with van der Waals surface area (Å²) < 4.78 is 45.6. The van der Waals surface area contributed by atoms with Crippen LogP contribution in [0.15, 0.2) is 102 Å². The minimum Gasteiger partial charge on any atom is -0.494 e. The number of carbonyl (C=O) groups is 2. The Morgan fingerprint density at radius 3 is 2.26 bits per heavy atom. The minimum absolute atomic E-state index is 0.0115. The number of halogens is 2. The van der Waals surface area contributed by atoms with Crippen molar-refractivity contribution in [1.82, 2.24) is 10.9 Å². The van der Waals surface area contributed by atoms with Crippen molar-refractivity contribution in [2.75, 3.05) is 13.2 Å². The quantitative estimate of drug-likeness (QED) is 0.0779. The van der Waals surface area contributed by atoms with Crippen LogP contribution in [-0.2, 0) is 25.6 Å². The Labute approximate surface area is 290 Å². The van der Waals surface area contributed by atoms with Crippen LogP contribution in [0.25, 0.3) is 11.1 Å². The third-order valence-electron chi connectivity index (χ3n) is 7.98. The topological polar surface area (TPSA) is 118 Å². The standard InChI is InChI=1S/C39H41F2N3O6/c1-38(2,3)50-34(46)20-21-39(37(47)44-42-25-30-14-17-31(40)24-33(30)41)35(28-12-10-27(11-13-28)26-8-5-4-6-9-26)49-36(43-39)29-15-18-32(19-16-29)48-23-7-22-45/h4-6,8-19,24,35,42,45H,7,20-23,25H2,1-3H3,(H,44,47)/t35-,39-/m0/s1. The van der Waals surface area contributed by atoms with Gasteiger partial charge in [0.15, 0.2) is 11.6 Å². The van der Waals surface area contributed by atoms with E-state index in [1.54, 1.807) is 45.0 Å². The molecule has 50 heavy (non-hydrogen) atoms. The van der Waals surface area contributed by atoms with Gasteiger partial charge in [0.25, 0.3) is 5.91 Å². The molecule has 3 N–H and O–H groups in total. The summed E-state index contributed by atoms with van der Waals surface area (Å²) >= 11 is 0. The average Bonchev–Trinajstić information content (AvgIpc) is 3.49. The lowest BCUT2D eigenvalue weighted by Crippen LogP contribution is -2.52. The number of hydrogen-bond acceptors (Lipinski definition) is 8. The van der Waals surface area contributed by atoms with Crippen molar-refractivity contribution in [1.29, 1.82) is 0 Å². The van der Waals surface area contributed by atoms with Crippen LogP contribution in [-0.4, -0.2) is 47.2 Å². The molecule has 1 aliphatic rings. The number of nitrogens with zero attached hydrogens (tertiary/aromatic N) is 1. The molecule has 1 amide bonds. The van der Waals surface area contributed by atoms with Crippen molar-refractivity contribution in [3.05, 3.63) is 125 Å². The molecular weight excluding hydrogens is 644 g/mol. The van der Waals surface area contributed by atoms with Crippen molar-refractivity contribution >= 4 is 17.8 Å². The number of nitrogens with one attached hydrogen (secondary N) is 2. The van der Waals surface area contributed by atoms with E-state index in [9.17, 15) is 18.4 Å². The normalized spacial score (nSPS) is 17.1. The first kappa shape index (κ1) is 36.2. The van der Waals surface area contributed by atoms with E-state index in [0.717, 1.165) is 23.3 Å². The van der Waals surface area contributed by atoms with E-state index in [1.807, 2.05) is 54.6 Å². The van der Waals surface area contributed by atoms with E-state index in [-0.39, 0.29) is 37.5 Å². The Hall–Kier alpha value is -5.13. The van der Waals surface area contributed by atoms with Gasteiger partial charge in [-0.2, -0.15) is 0 Å². The van der Waals surface area contributed by atoms with Gasteiger partial charge < -0.3 is 19.3 Å². The van der Waals surface area contributed by atoms with Gasteiger partial charge in [-0.3, -0.25) is 15.0 Å². The predicted molar refractivity (Wildman–Crippen MR) is 185 cm³/mol. The zero-order chi connectivity index (χ0) is 35.7. The molecule has 9 nitrogen and oxygen atoms in total. The maximum Gasteiger partial charge on any atom is 0.306 e. The van der Waals surface area contributed by atoms with Gasteiger partial charge in [-0.1, -0.05) is 60.7 Å². The van der Waals surface area contributed by atoms with Crippen LogP contribution < -0.4 is 15.6 Å². The SMILES string of the molecule is CC(C)(C)OC(=O)CC[C@]1(C(=O)NNCc2ccc(F)cc2F)N=C(c2ccc(OCCCO)cc2)O[C@H]1c1ccc(-c2ccccc2)cc1. The van der Waals surface area contributed by atoms with Gasteiger partial charge in [-0.05, 0) is 74.2 Å². The lowest BCUT2D eigenvalue weighted by molar-refractivity contribution is -0.155. The Balaban J connectivity index is 1.50. The molecule has 0 unspecified atom stereocenters. The fraction of sp³-hybridized carbons (Fsp3) is 0.308. The number of amides is 1. The Bertz CT molecular complexity index is 1790. The van der Waals surface area contributed by atoms with Crippen molar-refractivity contribution in [3.63, 3.8) is 0 Å². The fourth-order valence-electron chi connectivity index (χ4n) is 5.53. The molecule has 0 aromatic heterocycles. The van der Waals surface area contributed by atoms with Crippen LogP contribution in [0, 0.1) is 11.6 Å². The molecule has 0 saturated carbocycles. The number of hydrazine groups is 1. The summed E-state index contributed by atoms with van der Waals surface area (Å²) in [5.41, 5.74) is 6.27. The number of aliphatic hydroxyl groups excluding tert-OH is 1. The molecule has 0 aliphatic carbocycles. The summed E-state index contributed by atoms with van der Waals surface area (Å²) in [6, 6.07) is 27.5. The Kier molecular flexibility index (Phi) is 11.6. The van der Waals surface area contributed by atoms with Crippen molar-refractivity contribution in [2.24, 2.45) is 4.99 Å². The van der Waals surface area contributed by atoms with Gasteiger partial charge in [0.05, 0.1) is 6.61 Å². The minimum atomic E-state index is -1.68. The number of benzene rings is 4. The van der Waals surface area contributed by atoms with E-state index in [1.165, 1.54) is 6.07 Å². The second kappa shape index (κ2) is 16.1. The number of esters is 1. The highest BCUT2D eigenvalue weighted by Gasteiger charge is 2.53. The molecule has 0 fully saturated rings. The number of ether oxygens (including phenoxy) is 3. The molecule has 262 valence electrons. The molecule has 4 aromatic carbocycles. The first-order valence-corrected chi connectivity index (χ1v) is 16.4. The highest BCUT2D eigenvalue weighted by molar-refractivity contribution is 6.01. The monoisotopic (exact) mass is 685 g/mol. The molecule has 1 aliphatic heterocycles. The second-order valence-electron chi connectivity index (χ2n) is 12.9. The van der Waals surface area contributed by atoms with E-state index in [0.29, 0.717) is 29.9 Å². The van der Waals surface area contributed by atoms with E-state index in [4.69, 9.17) is 24.3 Å². The highest BCUT2D eigenvalue weighted by Crippen LogP contribution is 2.44. The van der Waals surface area contributed by atoms with Crippen molar-refractivity contribution < 1.29 is 37.7 Å². The lowest BCUT2D eigenvalue weighted by atomic mass is 9.83. The summed E-state index contributed by atoms with van der Waals surface area (Å²) in [6.45, 7) is 5.49. The highest BCUT2D eigenvalue weighted by atomic mass is 19.1. The molecule has 0 spiro atoms. The third-order valence-corrected chi connectivity index (χ3v) is 7.98. The van der Waals surface area contributed by atoms with Crippen LogP contribution in [0.4, 0.5) is 8.78 Å². The summed E-state index contributed by atoms with van der Waals surface area (Å²) in [5, 5.41) is 9.08. The molecule has 0 saturated heterocycles. The van der Waals surface area contributed by atoms with Crippen LogP contribution in [0.5, 0.6) is 5.75 Å². The third kappa shape index (κ3) is 9.10. The Morgan fingerprint density at radius 2 is 1.60 bits per heavy atom. The zero-order valence-corrected chi connectivity index (χ0v) is 28.2. The number of carbonyl (C=O) groups excluding carboxylic acids is 2. The number of aliphatic imine (C=N–C) groups is 1. The van der Waals surface area contributed by atoms with Gasteiger partial charge in [-0.25, -0.2) is 19.2 Å². The summed E-state index contributed by atoms with van der Waals surface area (Å²) in [6.07, 6.45) is -0.737. The lowest BCUT2D eigenvalue weighted by Gasteiger charge is -2.31.